The maximum Gasteiger partial charge on any atom is 0.251 e. The molecule has 0 atom stereocenters. The van der Waals surface area contributed by atoms with Crippen molar-refractivity contribution in [1.82, 2.24) is 19.8 Å². The molecular weight excluding hydrogens is 435 g/mol. The first-order valence-electron chi connectivity index (χ1n) is 11.4. The fourth-order valence-electron chi connectivity index (χ4n) is 3.92. The minimum absolute atomic E-state index is 0.119. The number of carbonyl (C=O) groups is 2. The molecule has 8 nitrogen and oxygen atoms in total. The van der Waals surface area contributed by atoms with Crippen LogP contribution in [0.1, 0.15) is 16.8 Å². The van der Waals surface area contributed by atoms with Crippen molar-refractivity contribution >= 4 is 23.2 Å². The summed E-state index contributed by atoms with van der Waals surface area (Å²) < 4.78 is 15.0. The summed E-state index contributed by atoms with van der Waals surface area (Å²) in [6, 6.07) is 13.5. The molecule has 34 heavy (non-hydrogen) atoms. The molecule has 0 saturated carbocycles. The molecule has 1 saturated heterocycles. The summed E-state index contributed by atoms with van der Waals surface area (Å²) in [4.78, 5) is 33.3. The first-order valence-corrected chi connectivity index (χ1v) is 11.4. The van der Waals surface area contributed by atoms with Crippen LogP contribution in [0, 0.1) is 5.82 Å². The van der Waals surface area contributed by atoms with Crippen molar-refractivity contribution in [2.75, 3.05) is 49.5 Å². The number of aryl methyl sites for hydroxylation is 1. The molecule has 1 aliphatic heterocycles. The van der Waals surface area contributed by atoms with E-state index < -0.39 is 0 Å². The molecule has 2 aromatic carbocycles. The van der Waals surface area contributed by atoms with Crippen molar-refractivity contribution in [2.24, 2.45) is 0 Å². The summed E-state index contributed by atoms with van der Waals surface area (Å²) in [5, 5.41) is 5.80. The minimum Gasteiger partial charge on any atom is -0.369 e. The largest absolute Gasteiger partial charge is 0.369 e. The number of rotatable bonds is 9. The second-order valence-electron chi connectivity index (χ2n) is 8.24. The lowest BCUT2D eigenvalue weighted by Gasteiger charge is -2.36. The number of amides is 2. The van der Waals surface area contributed by atoms with Crippen LogP contribution < -0.4 is 15.5 Å². The zero-order chi connectivity index (χ0) is 23.8. The molecule has 4 rings (SSSR count). The third-order valence-electron chi connectivity index (χ3n) is 5.84. The molecule has 1 aromatic heterocycles. The van der Waals surface area contributed by atoms with Gasteiger partial charge in [0.05, 0.1) is 6.33 Å². The van der Waals surface area contributed by atoms with Gasteiger partial charge in [-0.15, -0.1) is 0 Å². The van der Waals surface area contributed by atoms with E-state index in [1.807, 2.05) is 22.9 Å². The number of hydrogen-bond acceptors (Lipinski definition) is 5. The quantitative estimate of drug-likeness (QED) is 0.509. The van der Waals surface area contributed by atoms with Crippen LogP contribution in [0.2, 0.25) is 0 Å². The van der Waals surface area contributed by atoms with Gasteiger partial charge in [0.1, 0.15) is 5.82 Å². The summed E-state index contributed by atoms with van der Waals surface area (Å²) in [6.07, 6.45) is 5.47. The Kier molecular flexibility index (Phi) is 7.87. The Hall–Kier alpha value is -3.72. The van der Waals surface area contributed by atoms with Gasteiger partial charge in [-0.2, -0.15) is 0 Å². The standard InChI is InChI=1S/C25H29FN6O2/c26-21-4-6-23(7-5-21)32-16-14-30(15-17-32)13-10-28-25(34)20-2-1-3-22(18-20)29-24(33)8-11-31-12-9-27-19-31/h1-7,9,12,18-19H,8,10-11,13-17H2,(H,28,34)(H,29,33). The Morgan fingerprint density at radius 1 is 1.00 bits per heavy atom. The molecule has 2 heterocycles. The molecule has 3 aromatic rings. The van der Waals surface area contributed by atoms with Crippen LogP contribution in [-0.2, 0) is 11.3 Å². The number of aromatic nitrogens is 2. The van der Waals surface area contributed by atoms with Gasteiger partial charge in [-0.1, -0.05) is 6.07 Å². The molecule has 2 N–H and O–H groups in total. The SMILES string of the molecule is O=C(CCn1ccnc1)Nc1cccc(C(=O)NCCN2CCN(c3ccc(F)cc3)CC2)c1. The van der Waals surface area contributed by atoms with E-state index in [0.29, 0.717) is 30.8 Å². The fraction of sp³-hybridized carbons (Fsp3) is 0.320. The van der Waals surface area contributed by atoms with Gasteiger partial charge < -0.3 is 20.1 Å². The van der Waals surface area contributed by atoms with Gasteiger partial charge in [-0.3, -0.25) is 14.5 Å². The number of piperazine rings is 1. The average Bonchev–Trinajstić information content (AvgIpc) is 3.38. The lowest BCUT2D eigenvalue weighted by molar-refractivity contribution is -0.116. The van der Waals surface area contributed by atoms with Crippen molar-refractivity contribution < 1.29 is 14.0 Å². The maximum absolute atomic E-state index is 13.1. The van der Waals surface area contributed by atoms with E-state index in [2.05, 4.69) is 25.4 Å². The summed E-state index contributed by atoms with van der Waals surface area (Å²) in [6.45, 7) is 5.33. The van der Waals surface area contributed by atoms with Crippen LogP contribution >= 0.6 is 0 Å². The van der Waals surface area contributed by atoms with E-state index in [1.165, 1.54) is 12.1 Å². The molecule has 0 aliphatic carbocycles. The highest BCUT2D eigenvalue weighted by Crippen LogP contribution is 2.17. The van der Waals surface area contributed by atoms with E-state index in [1.54, 1.807) is 36.8 Å². The number of imidazole rings is 1. The van der Waals surface area contributed by atoms with E-state index in [0.717, 1.165) is 38.4 Å². The van der Waals surface area contributed by atoms with Gasteiger partial charge >= 0.3 is 0 Å². The molecular formula is C25H29FN6O2. The molecule has 0 unspecified atom stereocenters. The smallest absolute Gasteiger partial charge is 0.251 e. The van der Waals surface area contributed by atoms with Crippen molar-refractivity contribution in [2.45, 2.75) is 13.0 Å². The highest BCUT2D eigenvalue weighted by molar-refractivity contribution is 5.97. The molecule has 0 spiro atoms. The number of benzene rings is 2. The molecule has 0 radical (unpaired) electrons. The predicted octanol–water partition coefficient (Wildman–Crippen LogP) is 2.60. The van der Waals surface area contributed by atoms with Gasteiger partial charge in [0.2, 0.25) is 5.91 Å². The topological polar surface area (TPSA) is 82.5 Å². The van der Waals surface area contributed by atoms with Gasteiger partial charge in [0, 0.05) is 81.6 Å². The number of anilines is 2. The highest BCUT2D eigenvalue weighted by Gasteiger charge is 2.17. The molecule has 178 valence electrons. The first kappa shape index (κ1) is 23.4. The molecule has 1 aliphatic rings. The van der Waals surface area contributed by atoms with Crippen LogP contribution in [0.25, 0.3) is 0 Å². The number of hydrogen-bond donors (Lipinski definition) is 2. The van der Waals surface area contributed by atoms with Gasteiger partial charge in [-0.05, 0) is 42.5 Å². The summed E-state index contributed by atoms with van der Waals surface area (Å²) in [5.74, 6) is -0.512. The Labute approximate surface area is 198 Å². The van der Waals surface area contributed by atoms with Crippen LogP contribution in [0.4, 0.5) is 15.8 Å². The lowest BCUT2D eigenvalue weighted by atomic mass is 10.2. The monoisotopic (exact) mass is 464 g/mol. The Bertz CT molecular complexity index is 1080. The maximum atomic E-state index is 13.1. The first-order chi connectivity index (χ1) is 16.6. The lowest BCUT2D eigenvalue weighted by Crippen LogP contribution is -2.48. The van der Waals surface area contributed by atoms with Crippen molar-refractivity contribution in [3.63, 3.8) is 0 Å². The zero-order valence-corrected chi connectivity index (χ0v) is 19.0. The van der Waals surface area contributed by atoms with E-state index >= 15 is 0 Å². The summed E-state index contributed by atoms with van der Waals surface area (Å²) >= 11 is 0. The number of nitrogens with zero attached hydrogens (tertiary/aromatic N) is 4. The van der Waals surface area contributed by atoms with E-state index in [4.69, 9.17) is 0 Å². The van der Waals surface area contributed by atoms with Crippen molar-refractivity contribution in [3.05, 3.63) is 78.6 Å². The molecule has 2 amide bonds. The summed E-state index contributed by atoms with van der Waals surface area (Å²) in [7, 11) is 0. The van der Waals surface area contributed by atoms with Crippen LogP contribution in [-0.4, -0.2) is 65.5 Å². The number of halogens is 1. The summed E-state index contributed by atoms with van der Waals surface area (Å²) in [5.41, 5.74) is 2.14. The molecule has 1 fully saturated rings. The molecule has 0 bridgehead atoms. The minimum atomic E-state index is -0.225. The van der Waals surface area contributed by atoms with E-state index in [-0.39, 0.29) is 17.6 Å². The average molecular weight is 465 g/mol. The van der Waals surface area contributed by atoms with Crippen LogP contribution in [0.15, 0.2) is 67.3 Å². The number of nitrogens with one attached hydrogen (secondary N) is 2. The number of carbonyl (C=O) groups excluding carboxylic acids is 2. The van der Waals surface area contributed by atoms with Gasteiger partial charge in [0.15, 0.2) is 0 Å². The van der Waals surface area contributed by atoms with Gasteiger partial charge in [-0.25, -0.2) is 9.37 Å². The predicted molar refractivity (Wildman–Crippen MR) is 129 cm³/mol. The zero-order valence-electron chi connectivity index (χ0n) is 19.0. The Balaban J connectivity index is 1.18. The van der Waals surface area contributed by atoms with E-state index in [9.17, 15) is 14.0 Å². The second kappa shape index (κ2) is 11.4. The van der Waals surface area contributed by atoms with Crippen LogP contribution in [0.5, 0.6) is 0 Å². The normalized spacial score (nSPS) is 14.1. The Morgan fingerprint density at radius 2 is 1.79 bits per heavy atom. The van der Waals surface area contributed by atoms with Crippen molar-refractivity contribution in [1.29, 1.82) is 0 Å². The Morgan fingerprint density at radius 3 is 2.53 bits per heavy atom. The fourth-order valence-corrected chi connectivity index (χ4v) is 3.92. The molecule has 9 heteroatoms. The second-order valence-corrected chi connectivity index (χ2v) is 8.24. The highest BCUT2D eigenvalue weighted by atomic mass is 19.1. The van der Waals surface area contributed by atoms with Crippen molar-refractivity contribution in [3.8, 4) is 0 Å². The van der Waals surface area contributed by atoms with Gasteiger partial charge in [0.25, 0.3) is 5.91 Å². The third-order valence-corrected chi connectivity index (χ3v) is 5.84. The third kappa shape index (κ3) is 6.64. The van der Waals surface area contributed by atoms with Crippen LogP contribution in [0.3, 0.4) is 0 Å².